The molecule has 0 saturated heterocycles. The zero-order valence-electron chi connectivity index (χ0n) is 5.29. The maximum absolute atomic E-state index is 10.4. The number of hydrogen-bond donors (Lipinski definition) is 1. The fourth-order valence-corrected chi connectivity index (χ4v) is 0.339. The van der Waals surface area contributed by atoms with Crippen molar-refractivity contribution < 1.29 is 14.7 Å². The van der Waals surface area contributed by atoms with Crippen molar-refractivity contribution in [2.24, 2.45) is 0 Å². The number of allylic oxidation sites excluding steroid dienone is 1. The Labute approximate surface area is 57.4 Å². The Balaban J connectivity index is 4.38. The Morgan fingerprint density at radius 1 is 1.60 bits per heavy atom. The van der Waals surface area contributed by atoms with Crippen LogP contribution < -0.4 is 0 Å². The van der Waals surface area contributed by atoms with E-state index in [0.29, 0.717) is 6.08 Å². The van der Waals surface area contributed by atoms with Gasteiger partial charge in [-0.3, -0.25) is 4.79 Å². The summed E-state index contributed by atoms with van der Waals surface area (Å²) in [7, 11) is 0. The molecule has 0 aliphatic carbocycles. The second-order valence-corrected chi connectivity index (χ2v) is 1.61. The lowest BCUT2D eigenvalue weighted by Gasteiger charge is -1.85. The summed E-state index contributed by atoms with van der Waals surface area (Å²) >= 11 is 0. The molecule has 0 rings (SSSR count). The Hall–Kier alpha value is -1.63. The van der Waals surface area contributed by atoms with Gasteiger partial charge in [0, 0.05) is 11.6 Å². The molecule has 0 aromatic carbocycles. The summed E-state index contributed by atoms with van der Waals surface area (Å²) in [6.07, 6.45) is 0.700. The fourth-order valence-electron chi connectivity index (χ4n) is 0.339. The van der Waals surface area contributed by atoms with Crippen LogP contribution in [0.4, 0.5) is 0 Å². The molecule has 0 aromatic rings. The highest BCUT2D eigenvalue weighted by Gasteiger charge is 2.02. The van der Waals surface area contributed by atoms with Gasteiger partial charge in [0.2, 0.25) is 0 Å². The third-order valence-corrected chi connectivity index (χ3v) is 0.800. The third kappa shape index (κ3) is 2.62. The normalized spacial score (nSPS) is 10.2. The maximum atomic E-state index is 10.4. The highest BCUT2D eigenvalue weighted by molar-refractivity contribution is 6.09. The number of carbonyl (C=O) groups excluding carboxylic acids is 1. The second kappa shape index (κ2) is 3.41. The standard InChI is InChI=1S/C6H5NO3/c1-4(2-6(9)10)5(8)3-7/h2H,1H3,(H,9,10)/b4-2+. The zero-order valence-corrected chi connectivity index (χ0v) is 5.29. The third-order valence-electron chi connectivity index (χ3n) is 0.800. The van der Waals surface area contributed by atoms with Crippen molar-refractivity contribution >= 4 is 11.8 Å². The number of rotatable bonds is 2. The second-order valence-electron chi connectivity index (χ2n) is 1.61. The number of aliphatic carboxylic acids is 1. The first-order chi connectivity index (χ1) is 4.57. The molecule has 0 fully saturated rings. The van der Waals surface area contributed by atoms with Gasteiger partial charge in [0.05, 0.1) is 0 Å². The number of nitrogens with zero attached hydrogens (tertiary/aromatic N) is 1. The summed E-state index contributed by atoms with van der Waals surface area (Å²) in [6.45, 7) is 1.28. The average molecular weight is 139 g/mol. The van der Waals surface area contributed by atoms with Crippen molar-refractivity contribution in [1.29, 1.82) is 5.26 Å². The van der Waals surface area contributed by atoms with E-state index in [1.54, 1.807) is 0 Å². The summed E-state index contributed by atoms with van der Waals surface area (Å²) in [6, 6.07) is 1.30. The number of nitriles is 1. The summed E-state index contributed by atoms with van der Waals surface area (Å²) in [5, 5.41) is 16.1. The fraction of sp³-hybridized carbons (Fsp3) is 0.167. The lowest BCUT2D eigenvalue weighted by Crippen LogP contribution is -1.98. The highest BCUT2D eigenvalue weighted by atomic mass is 16.4. The van der Waals surface area contributed by atoms with E-state index in [1.807, 2.05) is 0 Å². The Kier molecular flexibility index (Phi) is 2.85. The van der Waals surface area contributed by atoms with Crippen LogP contribution in [0.1, 0.15) is 6.92 Å². The topological polar surface area (TPSA) is 78.2 Å². The molecule has 4 heteroatoms. The summed E-state index contributed by atoms with van der Waals surface area (Å²) in [5.74, 6) is -2.04. The van der Waals surface area contributed by atoms with E-state index in [-0.39, 0.29) is 5.57 Å². The summed E-state index contributed by atoms with van der Waals surface area (Å²) in [4.78, 5) is 20.2. The molecule has 0 heterocycles. The molecule has 0 spiro atoms. The quantitative estimate of drug-likeness (QED) is 0.435. The molecule has 4 nitrogen and oxygen atoms in total. The van der Waals surface area contributed by atoms with Crippen LogP contribution in [0.3, 0.4) is 0 Å². The van der Waals surface area contributed by atoms with Crippen molar-refractivity contribution in [3.8, 4) is 6.07 Å². The number of carboxylic acids is 1. The number of carbonyl (C=O) groups is 2. The van der Waals surface area contributed by atoms with Crippen molar-refractivity contribution in [2.45, 2.75) is 6.92 Å². The Bertz CT molecular complexity index is 234. The summed E-state index contributed by atoms with van der Waals surface area (Å²) in [5.41, 5.74) is -0.0602. The minimum Gasteiger partial charge on any atom is -0.478 e. The van der Waals surface area contributed by atoms with Gasteiger partial charge >= 0.3 is 5.97 Å². The molecule has 10 heavy (non-hydrogen) atoms. The Morgan fingerprint density at radius 3 is 2.40 bits per heavy atom. The van der Waals surface area contributed by atoms with Crippen LogP contribution in [0.5, 0.6) is 0 Å². The molecular formula is C6H5NO3. The molecule has 0 atom stereocenters. The lowest BCUT2D eigenvalue weighted by molar-refractivity contribution is -0.131. The first-order valence-corrected chi connectivity index (χ1v) is 2.43. The number of ketones is 1. The molecule has 0 unspecified atom stereocenters. The molecule has 52 valence electrons. The van der Waals surface area contributed by atoms with E-state index < -0.39 is 11.8 Å². The monoisotopic (exact) mass is 139 g/mol. The minimum absolute atomic E-state index is 0.0602. The van der Waals surface area contributed by atoms with Crippen molar-refractivity contribution in [1.82, 2.24) is 0 Å². The predicted molar refractivity (Wildman–Crippen MR) is 32.0 cm³/mol. The van der Waals surface area contributed by atoms with E-state index in [0.717, 1.165) is 0 Å². The number of carboxylic acid groups (broad SMARTS) is 1. The van der Waals surface area contributed by atoms with Crippen LogP contribution in [0.2, 0.25) is 0 Å². The molecular weight excluding hydrogens is 134 g/mol. The zero-order chi connectivity index (χ0) is 8.15. The summed E-state index contributed by atoms with van der Waals surface area (Å²) < 4.78 is 0. The van der Waals surface area contributed by atoms with E-state index in [4.69, 9.17) is 10.4 Å². The molecule has 0 amide bonds. The highest BCUT2D eigenvalue weighted by Crippen LogP contribution is 1.92. The average Bonchev–Trinajstić information content (AvgIpc) is 1.85. The molecule has 0 aliphatic rings. The SMILES string of the molecule is C/C(=C\C(=O)O)C(=O)C#N. The van der Waals surface area contributed by atoms with Crippen molar-refractivity contribution in [2.75, 3.05) is 0 Å². The van der Waals surface area contributed by atoms with Crippen molar-refractivity contribution in [3.63, 3.8) is 0 Å². The smallest absolute Gasteiger partial charge is 0.328 e. The van der Waals surface area contributed by atoms with Gasteiger partial charge in [0.25, 0.3) is 5.78 Å². The van der Waals surface area contributed by atoms with Gasteiger partial charge in [0.1, 0.15) is 6.07 Å². The Morgan fingerprint density at radius 2 is 2.10 bits per heavy atom. The minimum atomic E-state index is -1.22. The molecule has 0 saturated carbocycles. The van der Waals surface area contributed by atoms with E-state index in [2.05, 4.69) is 0 Å². The molecule has 0 aliphatic heterocycles. The van der Waals surface area contributed by atoms with Gasteiger partial charge in [-0.2, -0.15) is 5.26 Å². The van der Waals surface area contributed by atoms with Crippen molar-refractivity contribution in [3.05, 3.63) is 11.6 Å². The van der Waals surface area contributed by atoms with Gasteiger partial charge in [0.15, 0.2) is 0 Å². The molecule has 1 N–H and O–H groups in total. The van der Waals surface area contributed by atoms with Gasteiger partial charge in [-0.1, -0.05) is 0 Å². The van der Waals surface area contributed by atoms with E-state index in [1.165, 1.54) is 13.0 Å². The maximum Gasteiger partial charge on any atom is 0.328 e. The first kappa shape index (κ1) is 8.37. The van der Waals surface area contributed by atoms with Crippen LogP contribution >= 0.6 is 0 Å². The van der Waals surface area contributed by atoms with Crippen LogP contribution in [0.25, 0.3) is 0 Å². The molecule has 0 aromatic heterocycles. The lowest BCUT2D eigenvalue weighted by atomic mass is 10.2. The van der Waals surface area contributed by atoms with Crippen LogP contribution in [0.15, 0.2) is 11.6 Å². The van der Waals surface area contributed by atoms with E-state index in [9.17, 15) is 9.59 Å². The first-order valence-electron chi connectivity index (χ1n) is 2.43. The molecule has 0 radical (unpaired) electrons. The number of hydrogen-bond acceptors (Lipinski definition) is 3. The van der Waals surface area contributed by atoms with Gasteiger partial charge < -0.3 is 5.11 Å². The number of Topliss-reactive ketones (excluding diaryl/α,β-unsaturated/α-hetero) is 1. The largest absolute Gasteiger partial charge is 0.478 e. The van der Waals surface area contributed by atoms with Crippen LogP contribution in [0, 0.1) is 11.3 Å². The van der Waals surface area contributed by atoms with Gasteiger partial charge in [-0.25, -0.2) is 4.79 Å². The van der Waals surface area contributed by atoms with Gasteiger partial charge in [-0.15, -0.1) is 0 Å². The van der Waals surface area contributed by atoms with E-state index >= 15 is 0 Å². The van der Waals surface area contributed by atoms with Crippen LogP contribution in [-0.4, -0.2) is 16.9 Å². The predicted octanol–water partition coefficient (Wildman–Crippen LogP) is 0.110. The van der Waals surface area contributed by atoms with Crippen LogP contribution in [-0.2, 0) is 9.59 Å². The van der Waals surface area contributed by atoms with Gasteiger partial charge in [-0.05, 0) is 6.92 Å². The molecule has 0 bridgehead atoms.